The van der Waals surface area contributed by atoms with E-state index in [-0.39, 0.29) is 0 Å². The maximum atomic E-state index is 5.75. The van der Waals surface area contributed by atoms with E-state index in [1.807, 2.05) is 41.2 Å². The maximum Gasteiger partial charge on any atom is 0.0815 e. The van der Waals surface area contributed by atoms with Gasteiger partial charge in [-0.25, -0.2) is 0 Å². The second kappa shape index (κ2) is 5.91. The molecule has 0 aliphatic heterocycles. The van der Waals surface area contributed by atoms with E-state index in [2.05, 4.69) is 24.3 Å². The summed E-state index contributed by atoms with van der Waals surface area (Å²) < 4.78 is 1.97. The lowest BCUT2D eigenvalue weighted by Crippen LogP contribution is -2.04. The molecule has 0 unspecified atom stereocenters. The monoisotopic (exact) mass is 263 g/mol. The van der Waals surface area contributed by atoms with Crippen LogP contribution in [0.1, 0.15) is 31.1 Å². The Morgan fingerprint density at radius 1 is 1.22 bits per heavy atom. The molecule has 0 aliphatic rings. The first-order valence-electron chi connectivity index (χ1n) is 6.12. The third kappa shape index (κ3) is 3.26. The molecule has 1 aromatic heterocycles. The molecule has 0 saturated carbocycles. The number of anilines is 1. The smallest absolute Gasteiger partial charge is 0.0815 e. The lowest BCUT2D eigenvalue weighted by molar-refractivity contribution is 0.527. The van der Waals surface area contributed by atoms with Gasteiger partial charge in [0.05, 0.1) is 12.2 Å². The van der Waals surface area contributed by atoms with Crippen molar-refractivity contribution in [2.45, 2.75) is 32.3 Å². The number of hydrogen-bond donors (Lipinski definition) is 1. The molecule has 0 spiro atoms. The number of hydrogen-bond acceptors (Lipinski definition) is 2. The number of halogens is 1. The number of alkyl halides is 1. The second-order valence-electron chi connectivity index (χ2n) is 4.56. The topological polar surface area (TPSA) is 29.9 Å². The van der Waals surface area contributed by atoms with Crippen LogP contribution >= 0.6 is 11.6 Å². The van der Waals surface area contributed by atoms with Crippen LogP contribution < -0.4 is 5.32 Å². The van der Waals surface area contributed by atoms with Crippen LogP contribution in [0.25, 0.3) is 0 Å². The van der Waals surface area contributed by atoms with Gasteiger partial charge in [-0.15, -0.1) is 11.6 Å². The third-order valence-electron chi connectivity index (χ3n) is 2.77. The highest BCUT2D eigenvalue weighted by atomic mass is 35.5. The highest BCUT2D eigenvalue weighted by molar-refractivity contribution is 6.17. The van der Waals surface area contributed by atoms with Crippen LogP contribution in [0.3, 0.4) is 0 Å². The van der Waals surface area contributed by atoms with Crippen molar-refractivity contribution in [1.29, 1.82) is 0 Å². The van der Waals surface area contributed by atoms with Gasteiger partial charge >= 0.3 is 0 Å². The molecule has 3 nitrogen and oxygen atoms in total. The Morgan fingerprint density at radius 3 is 2.50 bits per heavy atom. The van der Waals surface area contributed by atoms with Crippen LogP contribution in [0, 0.1) is 0 Å². The van der Waals surface area contributed by atoms with Gasteiger partial charge in [-0.3, -0.25) is 4.68 Å². The van der Waals surface area contributed by atoms with Crippen molar-refractivity contribution in [2.24, 2.45) is 0 Å². The molecular weight excluding hydrogens is 246 g/mol. The van der Waals surface area contributed by atoms with Crippen LogP contribution in [0.2, 0.25) is 0 Å². The molecule has 0 aliphatic carbocycles. The summed E-state index contributed by atoms with van der Waals surface area (Å²) in [5.74, 6) is 0.555. The fourth-order valence-electron chi connectivity index (χ4n) is 1.66. The summed E-state index contributed by atoms with van der Waals surface area (Å²) in [7, 11) is 0. The molecule has 96 valence electrons. The standard InChI is InChI=1S/C14H18ClN3/c1-11(2)18-8-7-14(17-18)10-16-13-5-3-12(9-15)4-6-13/h3-8,11,16H,9-10H2,1-2H3. The van der Waals surface area contributed by atoms with Gasteiger partial charge in [0.25, 0.3) is 0 Å². The Kier molecular flexibility index (Phi) is 4.26. The Labute approximate surface area is 113 Å². The van der Waals surface area contributed by atoms with E-state index in [0.29, 0.717) is 11.9 Å². The van der Waals surface area contributed by atoms with E-state index < -0.39 is 0 Å². The zero-order valence-electron chi connectivity index (χ0n) is 10.7. The van der Waals surface area contributed by atoms with Gasteiger partial charge in [-0.2, -0.15) is 5.10 Å². The van der Waals surface area contributed by atoms with E-state index >= 15 is 0 Å². The first-order chi connectivity index (χ1) is 8.69. The van der Waals surface area contributed by atoms with E-state index in [4.69, 9.17) is 11.6 Å². The van der Waals surface area contributed by atoms with Crippen molar-refractivity contribution in [1.82, 2.24) is 9.78 Å². The number of rotatable bonds is 5. The summed E-state index contributed by atoms with van der Waals surface area (Å²) in [5, 5.41) is 7.84. The van der Waals surface area contributed by atoms with Crippen molar-refractivity contribution in [3.63, 3.8) is 0 Å². The van der Waals surface area contributed by atoms with Crippen LogP contribution in [0.15, 0.2) is 36.5 Å². The first kappa shape index (κ1) is 13.0. The summed E-state index contributed by atoms with van der Waals surface area (Å²) >= 11 is 5.75. The summed E-state index contributed by atoms with van der Waals surface area (Å²) in [4.78, 5) is 0. The fourth-order valence-corrected chi connectivity index (χ4v) is 1.84. The molecule has 1 heterocycles. The lowest BCUT2D eigenvalue weighted by atomic mass is 10.2. The average molecular weight is 264 g/mol. The number of nitrogens with one attached hydrogen (secondary N) is 1. The third-order valence-corrected chi connectivity index (χ3v) is 3.08. The molecule has 0 radical (unpaired) electrons. The average Bonchev–Trinajstić information content (AvgIpc) is 2.86. The molecule has 0 fully saturated rings. The molecule has 1 aromatic carbocycles. The highest BCUT2D eigenvalue weighted by Crippen LogP contribution is 2.12. The minimum absolute atomic E-state index is 0.404. The van der Waals surface area contributed by atoms with Crippen LogP contribution in [0.5, 0.6) is 0 Å². The normalized spacial score (nSPS) is 10.9. The molecule has 0 saturated heterocycles. The quantitative estimate of drug-likeness (QED) is 0.832. The summed E-state index contributed by atoms with van der Waals surface area (Å²) in [6.45, 7) is 4.98. The van der Waals surface area contributed by atoms with E-state index in [1.165, 1.54) is 0 Å². The number of aromatic nitrogens is 2. The fraction of sp³-hybridized carbons (Fsp3) is 0.357. The van der Waals surface area contributed by atoms with Gasteiger partial charge in [-0.05, 0) is 37.6 Å². The maximum absolute atomic E-state index is 5.75. The zero-order chi connectivity index (χ0) is 13.0. The van der Waals surface area contributed by atoms with Crippen molar-refractivity contribution in [2.75, 3.05) is 5.32 Å². The molecule has 2 rings (SSSR count). The van der Waals surface area contributed by atoms with E-state index in [1.54, 1.807) is 0 Å². The Balaban J connectivity index is 1.93. The second-order valence-corrected chi connectivity index (χ2v) is 4.83. The minimum atomic E-state index is 0.404. The molecular formula is C14H18ClN3. The number of benzene rings is 1. The van der Waals surface area contributed by atoms with Crippen molar-refractivity contribution < 1.29 is 0 Å². The molecule has 0 bridgehead atoms. The molecule has 0 amide bonds. The summed E-state index contributed by atoms with van der Waals surface area (Å²) in [6.07, 6.45) is 2.01. The van der Waals surface area contributed by atoms with E-state index in [9.17, 15) is 0 Å². The Hall–Kier alpha value is -1.48. The lowest BCUT2D eigenvalue weighted by Gasteiger charge is -2.06. The van der Waals surface area contributed by atoms with Crippen molar-refractivity contribution >= 4 is 17.3 Å². The predicted molar refractivity (Wildman–Crippen MR) is 75.9 cm³/mol. The Bertz CT molecular complexity index is 488. The highest BCUT2D eigenvalue weighted by Gasteiger charge is 2.01. The minimum Gasteiger partial charge on any atom is -0.379 e. The first-order valence-corrected chi connectivity index (χ1v) is 6.65. The zero-order valence-corrected chi connectivity index (χ0v) is 11.5. The largest absolute Gasteiger partial charge is 0.379 e. The molecule has 4 heteroatoms. The van der Waals surface area contributed by atoms with Crippen molar-refractivity contribution in [3.8, 4) is 0 Å². The molecule has 0 atom stereocenters. The van der Waals surface area contributed by atoms with Gasteiger partial charge in [0.15, 0.2) is 0 Å². The predicted octanol–water partition coefficient (Wildman–Crippen LogP) is 3.81. The van der Waals surface area contributed by atoms with Gasteiger partial charge in [0.2, 0.25) is 0 Å². The molecule has 18 heavy (non-hydrogen) atoms. The van der Waals surface area contributed by atoms with Crippen molar-refractivity contribution in [3.05, 3.63) is 47.8 Å². The summed E-state index contributed by atoms with van der Waals surface area (Å²) in [5.41, 5.74) is 3.26. The van der Waals surface area contributed by atoms with Crippen LogP contribution in [-0.4, -0.2) is 9.78 Å². The Morgan fingerprint density at radius 2 is 1.94 bits per heavy atom. The van der Waals surface area contributed by atoms with Crippen LogP contribution in [0.4, 0.5) is 5.69 Å². The van der Waals surface area contributed by atoms with Gasteiger partial charge in [-0.1, -0.05) is 12.1 Å². The van der Waals surface area contributed by atoms with E-state index in [0.717, 1.165) is 23.5 Å². The van der Waals surface area contributed by atoms with Gasteiger partial charge in [0.1, 0.15) is 0 Å². The number of nitrogens with zero attached hydrogens (tertiary/aromatic N) is 2. The van der Waals surface area contributed by atoms with Gasteiger partial charge in [0, 0.05) is 23.8 Å². The SMILES string of the molecule is CC(C)n1ccc(CNc2ccc(CCl)cc2)n1. The van der Waals surface area contributed by atoms with Gasteiger partial charge < -0.3 is 5.32 Å². The van der Waals surface area contributed by atoms with Crippen LogP contribution in [-0.2, 0) is 12.4 Å². The summed E-state index contributed by atoms with van der Waals surface area (Å²) in [6, 6.07) is 10.6. The molecule has 1 N–H and O–H groups in total. The molecule has 2 aromatic rings.